The topological polar surface area (TPSA) is 43.9 Å². The summed E-state index contributed by atoms with van der Waals surface area (Å²) in [7, 11) is 1.94. The van der Waals surface area contributed by atoms with Gasteiger partial charge in [0.25, 0.3) is 5.22 Å². The van der Waals surface area contributed by atoms with Gasteiger partial charge in [0.2, 0.25) is 0 Å². The molecule has 0 amide bonds. The van der Waals surface area contributed by atoms with Crippen LogP contribution in [0.15, 0.2) is 20.4 Å². The third-order valence-corrected chi connectivity index (χ3v) is 4.08. The molecular weight excluding hydrogens is 290 g/mol. The van der Waals surface area contributed by atoms with E-state index in [1.54, 1.807) is 18.0 Å². The first-order valence-corrected chi connectivity index (χ1v) is 6.58. The lowest BCUT2D eigenvalue weighted by Gasteiger charge is -1.99. The van der Waals surface area contributed by atoms with Crippen LogP contribution in [0.4, 0.5) is 0 Å². The van der Waals surface area contributed by atoms with E-state index in [4.69, 9.17) is 4.42 Å². The number of nitrogens with zero attached hydrogens (tertiary/aromatic N) is 3. The third-order valence-electron chi connectivity index (χ3n) is 2.19. The fraction of sp³-hybridized carbons (Fsp3) is 0.400. The van der Waals surface area contributed by atoms with E-state index in [1.165, 1.54) is 0 Å². The summed E-state index contributed by atoms with van der Waals surface area (Å²) in [5.41, 5.74) is 3.04. The van der Waals surface area contributed by atoms with Gasteiger partial charge in [0, 0.05) is 12.8 Å². The third kappa shape index (κ3) is 2.32. The van der Waals surface area contributed by atoms with E-state index in [9.17, 15) is 0 Å². The molecule has 0 saturated heterocycles. The molecule has 0 aliphatic rings. The largest absolute Gasteiger partial charge is 0.440 e. The summed E-state index contributed by atoms with van der Waals surface area (Å²) < 4.78 is 8.22. The highest BCUT2D eigenvalue weighted by Crippen LogP contribution is 2.27. The van der Waals surface area contributed by atoms with Crippen LogP contribution in [0.25, 0.3) is 0 Å². The Kier molecular flexibility index (Phi) is 3.39. The van der Waals surface area contributed by atoms with Gasteiger partial charge in [-0.05, 0) is 29.8 Å². The van der Waals surface area contributed by atoms with Crippen LogP contribution in [0.3, 0.4) is 0 Å². The molecule has 0 aliphatic carbocycles. The van der Waals surface area contributed by atoms with Crippen molar-refractivity contribution in [3.8, 4) is 0 Å². The van der Waals surface area contributed by atoms with Gasteiger partial charge < -0.3 is 4.42 Å². The predicted octanol–water partition coefficient (Wildman–Crippen LogP) is 3.08. The molecule has 0 fully saturated rings. The highest BCUT2D eigenvalue weighted by atomic mass is 79.9. The van der Waals surface area contributed by atoms with Crippen LogP contribution >= 0.6 is 27.7 Å². The Labute approximate surface area is 107 Å². The van der Waals surface area contributed by atoms with Gasteiger partial charge in [-0.15, -0.1) is 0 Å². The predicted molar refractivity (Wildman–Crippen MR) is 66.4 cm³/mol. The Balaban J connectivity index is 2.10. The number of oxazole rings is 1. The van der Waals surface area contributed by atoms with Crippen molar-refractivity contribution in [2.24, 2.45) is 7.05 Å². The average molecular weight is 302 g/mol. The molecule has 0 aliphatic heterocycles. The van der Waals surface area contributed by atoms with Crippen molar-refractivity contribution >= 4 is 27.7 Å². The standard InChI is InChI=1S/C10H12BrN3OS/c1-6-4-15-10(12-6)16-5-8-9(11)7(2)13-14(8)3/h4H,5H2,1-3H3. The zero-order valence-corrected chi connectivity index (χ0v) is 11.7. The van der Waals surface area contributed by atoms with Gasteiger partial charge in [0.15, 0.2) is 0 Å². The molecular formula is C10H12BrN3OS. The van der Waals surface area contributed by atoms with Crippen LogP contribution in [-0.2, 0) is 12.8 Å². The fourth-order valence-electron chi connectivity index (χ4n) is 1.37. The van der Waals surface area contributed by atoms with Crippen molar-refractivity contribution in [1.82, 2.24) is 14.8 Å². The molecule has 2 aromatic rings. The first kappa shape index (κ1) is 11.7. The van der Waals surface area contributed by atoms with Crippen molar-refractivity contribution in [2.75, 3.05) is 0 Å². The second-order valence-electron chi connectivity index (χ2n) is 3.51. The van der Waals surface area contributed by atoms with Gasteiger partial charge in [-0.3, -0.25) is 4.68 Å². The number of aromatic nitrogens is 3. The van der Waals surface area contributed by atoms with Crippen LogP contribution < -0.4 is 0 Å². The molecule has 0 saturated carbocycles. The summed E-state index contributed by atoms with van der Waals surface area (Å²) in [4.78, 5) is 4.24. The molecule has 0 atom stereocenters. The van der Waals surface area contributed by atoms with E-state index in [0.29, 0.717) is 5.22 Å². The molecule has 0 radical (unpaired) electrons. The van der Waals surface area contributed by atoms with E-state index in [0.717, 1.165) is 27.3 Å². The number of hydrogen-bond donors (Lipinski definition) is 0. The van der Waals surface area contributed by atoms with Gasteiger partial charge in [0.1, 0.15) is 6.26 Å². The molecule has 86 valence electrons. The SMILES string of the molecule is Cc1coc(SCc2c(Br)c(C)nn2C)n1. The average Bonchev–Trinajstić information content (AvgIpc) is 2.72. The maximum Gasteiger partial charge on any atom is 0.256 e. The maximum atomic E-state index is 5.28. The van der Waals surface area contributed by atoms with Crippen LogP contribution in [-0.4, -0.2) is 14.8 Å². The Morgan fingerprint density at radius 1 is 1.50 bits per heavy atom. The number of rotatable bonds is 3. The Hall–Kier alpha value is -0.750. The van der Waals surface area contributed by atoms with E-state index in [2.05, 4.69) is 26.0 Å². The highest BCUT2D eigenvalue weighted by molar-refractivity contribution is 9.10. The van der Waals surface area contributed by atoms with Crippen molar-refractivity contribution < 1.29 is 4.42 Å². The first-order valence-electron chi connectivity index (χ1n) is 4.81. The van der Waals surface area contributed by atoms with E-state index < -0.39 is 0 Å². The lowest BCUT2D eigenvalue weighted by Crippen LogP contribution is -1.96. The second kappa shape index (κ2) is 4.63. The maximum absolute atomic E-state index is 5.28. The molecule has 2 aromatic heterocycles. The fourth-order valence-corrected chi connectivity index (χ4v) is 2.94. The minimum absolute atomic E-state index is 0.697. The minimum atomic E-state index is 0.697. The van der Waals surface area contributed by atoms with Crippen molar-refractivity contribution in [3.63, 3.8) is 0 Å². The molecule has 16 heavy (non-hydrogen) atoms. The molecule has 2 heterocycles. The van der Waals surface area contributed by atoms with Crippen molar-refractivity contribution in [2.45, 2.75) is 24.8 Å². The monoisotopic (exact) mass is 301 g/mol. The molecule has 2 rings (SSSR count). The number of thioether (sulfide) groups is 1. The Morgan fingerprint density at radius 2 is 2.25 bits per heavy atom. The Bertz CT molecular complexity index is 506. The molecule has 6 heteroatoms. The van der Waals surface area contributed by atoms with E-state index in [1.807, 2.05) is 25.6 Å². The van der Waals surface area contributed by atoms with Gasteiger partial charge in [-0.1, -0.05) is 11.8 Å². The molecule has 0 bridgehead atoms. The van der Waals surface area contributed by atoms with Crippen molar-refractivity contribution in [3.05, 3.63) is 27.8 Å². The van der Waals surface area contributed by atoms with Crippen LogP contribution in [0, 0.1) is 13.8 Å². The number of aryl methyl sites for hydroxylation is 3. The van der Waals surface area contributed by atoms with Gasteiger partial charge >= 0.3 is 0 Å². The lowest BCUT2D eigenvalue weighted by molar-refractivity contribution is 0.454. The summed E-state index contributed by atoms with van der Waals surface area (Å²) >= 11 is 5.10. The van der Waals surface area contributed by atoms with Gasteiger partial charge in [-0.25, -0.2) is 4.98 Å². The van der Waals surface area contributed by atoms with Crippen LogP contribution in [0.2, 0.25) is 0 Å². The molecule has 0 N–H and O–H groups in total. The van der Waals surface area contributed by atoms with Crippen molar-refractivity contribution in [1.29, 1.82) is 0 Å². The molecule has 4 nitrogen and oxygen atoms in total. The van der Waals surface area contributed by atoms with Gasteiger partial charge in [-0.2, -0.15) is 5.10 Å². The van der Waals surface area contributed by atoms with Crippen LogP contribution in [0.1, 0.15) is 17.1 Å². The number of halogens is 1. The number of hydrogen-bond acceptors (Lipinski definition) is 4. The van der Waals surface area contributed by atoms with E-state index in [-0.39, 0.29) is 0 Å². The summed E-state index contributed by atoms with van der Waals surface area (Å²) in [5, 5.41) is 5.03. The highest BCUT2D eigenvalue weighted by Gasteiger charge is 2.12. The second-order valence-corrected chi connectivity index (χ2v) is 5.23. The summed E-state index contributed by atoms with van der Waals surface area (Å²) in [6.45, 7) is 3.89. The lowest BCUT2D eigenvalue weighted by atomic mass is 10.4. The van der Waals surface area contributed by atoms with E-state index >= 15 is 0 Å². The zero-order chi connectivity index (χ0) is 11.7. The smallest absolute Gasteiger partial charge is 0.256 e. The van der Waals surface area contributed by atoms with Gasteiger partial charge in [0.05, 0.1) is 21.6 Å². The molecule has 0 unspecified atom stereocenters. The zero-order valence-electron chi connectivity index (χ0n) is 9.32. The van der Waals surface area contributed by atoms with Crippen LogP contribution in [0.5, 0.6) is 0 Å². The Morgan fingerprint density at radius 3 is 2.75 bits per heavy atom. The summed E-state index contributed by atoms with van der Waals surface area (Å²) in [5.74, 6) is 0.790. The summed E-state index contributed by atoms with van der Waals surface area (Å²) in [6.07, 6.45) is 1.66. The quantitative estimate of drug-likeness (QED) is 0.817. The minimum Gasteiger partial charge on any atom is -0.440 e. The first-order chi connectivity index (χ1) is 7.58. The molecule has 0 aromatic carbocycles. The normalized spacial score (nSPS) is 11.0. The molecule has 0 spiro atoms. The summed E-state index contributed by atoms with van der Waals surface area (Å²) in [6, 6.07) is 0.